The quantitative estimate of drug-likeness (QED) is 0.894. The number of aryl methyl sites for hydroxylation is 1. The molecule has 4 heteroatoms. The minimum Gasteiger partial charge on any atom is -0.492 e. The number of ether oxygens (including phenoxy) is 1. The monoisotopic (exact) mass is 259 g/mol. The molecule has 0 atom stereocenters. The number of benzene rings is 1. The van der Waals surface area contributed by atoms with E-state index in [0.29, 0.717) is 23.8 Å². The number of nitrogens with one attached hydrogen (secondary N) is 1. The van der Waals surface area contributed by atoms with Gasteiger partial charge in [-0.15, -0.1) is 0 Å². The number of carbonyl (C=O) groups excluding carboxylic acids is 1. The van der Waals surface area contributed by atoms with Crippen molar-refractivity contribution < 1.29 is 13.9 Å². The van der Waals surface area contributed by atoms with E-state index in [9.17, 15) is 4.79 Å². The molecule has 1 aromatic heterocycles. The Morgan fingerprint density at radius 1 is 1.21 bits per heavy atom. The van der Waals surface area contributed by atoms with Gasteiger partial charge in [0.2, 0.25) is 0 Å². The van der Waals surface area contributed by atoms with Crippen LogP contribution in [0.4, 0.5) is 5.69 Å². The molecule has 1 heterocycles. The van der Waals surface area contributed by atoms with Gasteiger partial charge in [0.05, 0.1) is 12.3 Å². The van der Waals surface area contributed by atoms with E-state index in [1.807, 2.05) is 38.1 Å². The Bertz CT molecular complexity index is 560. The summed E-state index contributed by atoms with van der Waals surface area (Å²) in [4.78, 5) is 12.0. The first kappa shape index (κ1) is 13.2. The van der Waals surface area contributed by atoms with Gasteiger partial charge in [0.15, 0.2) is 5.76 Å². The van der Waals surface area contributed by atoms with Crippen LogP contribution in [-0.4, -0.2) is 12.5 Å². The van der Waals surface area contributed by atoms with E-state index in [4.69, 9.17) is 9.15 Å². The van der Waals surface area contributed by atoms with Crippen LogP contribution >= 0.6 is 0 Å². The summed E-state index contributed by atoms with van der Waals surface area (Å²) in [5.74, 6) is 1.49. The van der Waals surface area contributed by atoms with E-state index in [0.717, 1.165) is 12.2 Å². The molecule has 0 radical (unpaired) electrons. The van der Waals surface area contributed by atoms with E-state index in [1.165, 1.54) is 0 Å². The molecule has 1 N–H and O–H groups in total. The molecule has 4 nitrogen and oxygen atoms in total. The highest BCUT2D eigenvalue weighted by Gasteiger charge is 2.13. The smallest absolute Gasteiger partial charge is 0.291 e. The van der Waals surface area contributed by atoms with Gasteiger partial charge >= 0.3 is 0 Å². The Morgan fingerprint density at radius 2 is 2.00 bits per heavy atom. The predicted octanol–water partition coefficient (Wildman–Crippen LogP) is 3.49. The fourth-order valence-corrected chi connectivity index (χ4v) is 1.73. The summed E-state index contributed by atoms with van der Waals surface area (Å²) in [7, 11) is 0. The van der Waals surface area contributed by atoms with Gasteiger partial charge in [-0.1, -0.05) is 19.1 Å². The summed E-state index contributed by atoms with van der Waals surface area (Å²) in [5.41, 5.74) is 0.642. The molecular formula is C15H17NO3. The lowest BCUT2D eigenvalue weighted by molar-refractivity contribution is 0.0994. The van der Waals surface area contributed by atoms with Crippen molar-refractivity contribution in [3.8, 4) is 5.75 Å². The lowest BCUT2D eigenvalue weighted by atomic mass is 10.3. The maximum atomic E-state index is 12.0. The molecule has 100 valence electrons. The molecule has 0 aliphatic rings. The van der Waals surface area contributed by atoms with Gasteiger partial charge in [0, 0.05) is 6.42 Å². The summed E-state index contributed by atoms with van der Waals surface area (Å²) in [5, 5.41) is 2.79. The minimum absolute atomic E-state index is 0.271. The molecular weight excluding hydrogens is 242 g/mol. The van der Waals surface area contributed by atoms with Crippen LogP contribution in [0.3, 0.4) is 0 Å². The Labute approximate surface area is 112 Å². The van der Waals surface area contributed by atoms with Crippen LogP contribution in [0, 0.1) is 0 Å². The van der Waals surface area contributed by atoms with E-state index in [-0.39, 0.29) is 5.91 Å². The number of rotatable bonds is 5. The molecule has 19 heavy (non-hydrogen) atoms. The fourth-order valence-electron chi connectivity index (χ4n) is 1.73. The molecule has 2 rings (SSSR count). The number of para-hydroxylation sites is 2. The molecule has 0 saturated heterocycles. The third-order valence-corrected chi connectivity index (χ3v) is 2.67. The Kier molecular flexibility index (Phi) is 4.23. The number of hydrogen-bond donors (Lipinski definition) is 1. The lowest BCUT2D eigenvalue weighted by Gasteiger charge is -2.10. The summed E-state index contributed by atoms with van der Waals surface area (Å²) >= 11 is 0. The van der Waals surface area contributed by atoms with Crippen LogP contribution in [-0.2, 0) is 6.42 Å². The molecule has 0 spiro atoms. The Morgan fingerprint density at radius 3 is 2.68 bits per heavy atom. The largest absolute Gasteiger partial charge is 0.492 e. The number of hydrogen-bond acceptors (Lipinski definition) is 3. The van der Waals surface area contributed by atoms with Crippen LogP contribution < -0.4 is 10.1 Å². The molecule has 0 aliphatic heterocycles. The zero-order valence-electron chi connectivity index (χ0n) is 11.1. The van der Waals surface area contributed by atoms with Gasteiger partial charge in [-0.25, -0.2) is 0 Å². The summed E-state index contributed by atoms with van der Waals surface area (Å²) in [6.07, 6.45) is 0.767. The summed E-state index contributed by atoms with van der Waals surface area (Å²) < 4.78 is 10.9. The highest BCUT2D eigenvalue weighted by Crippen LogP contribution is 2.24. The van der Waals surface area contributed by atoms with Crippen molar-refractivity contribution in [2.24, 2.45) is 0 Å². The third kappa shape index (κ3) is 3.16. The first-order chi connectivity index (χ1) is 9.24. The van der Waals surface area contributed by atoms with Gasteiger partial charge < -0.3 is 14.5 Å². The zero-order chi connectivity index (χ0) is 13.7. The highest BCUT2D eigenvalue weighted by molar-refractivity contribution is 6.03. The SMILES string of the molecule is CCOc1ccccc1NC(=O)c1ccc(CC)o1. The maximum Gasteiger partial charge on any atom is 0.291 e. The normalized spacial score (nSPS) is 10.2. The third-order valence-electron chi connectivity index (χ3n) is 2.67. The minimum atomic E-state index is -0.271. The standard InChI is InChI=1S/C15H17NO3/c1-3-11-9-10-14(19-11)15(17)16-12-7-5-6-8-13(12)18-4-2/h5-10H,3-4H2,1-2H3,(H,16,17). The second kappa shape index (κ2) is 6.09. The molecule has 2 aromatic rings. The van der Waals surface area contributed by atoms with Crippen molar-refractivity contribution in [1.29, 1.82) is 0 Å². The molecule has 0 bridgehead atoms. The van der Waals surface area contributed by atoms with E-state index >= 15 is 0 Å². The lowest BCUT2D eigenvalue weighted by Crippen LogP contribution is -2.12. The second-order valence-corrected chi connectivity index (χ2v) is 4.00. The Hall–Kier alpha value is -2.23. The van der Waals surface area contributed by atoms with Gasteiger partial charge in [0.1, 0.15) is 11.5 Å². The van der Waals surface area contributed by atoms with E-state index in [1.54, 1.807) is 12.1 Å². The summed E-state index contributed by atoms with van der Waals surface area (Å²) in [6, 6.07) is 10.8. The van der Waals surface area contributed by atoms with Gasteiger partial charge in [-0.2, -0.15) is 0 Å². The number of furan rings is 1. The number of carbonyl (C=O) groups is 1. The average molecular weight is 259 g/mol. The van der Waals surface area contributed by atoms with Crippen LogP contribution in [0.15, 0.2) is 40.8 Å². The van der Waals surface area contributed by atoms with E-state index in [2.05, 4.69) is 5.32 Å². The van der Waals surface area contributed by atoms with Crippen molar-refractivity contribution >= 4 is 11.6 Å². The van der Waals surface area contributed by atoms with Crippen molar-refractivity contribution in [2.45, 2.75) is 20.3 Å². The van der Waals surface area contributed by atoms with Crippen LogP contribution in [0.5, 0.6) is 5.75 Å². The van der Waals surface area contributed by atoms with Crippen molar-refractivity contribution in [3.63, 3.8) is 0 Å². The van der Waals surface area contributed by atoms with Crippen molar-refractivity contribution in [3.05, 3.63) is 47.9 Å². The van der Waals surface area contributed by atoms with Crippen LogP contribution in [0.1, 0.15) is 30.2 Å². The topological polar surface area (TPSA) is 51.5 Å². The van der Waals surface area contributed by atoms with Crippen LogP contribution in [0.25, 0.3) is 0 Å². The van der Waals surface area contributed by atoms with Gasteiger partial charge in [-0.05, 0) is 31.2 Å². The second-order valence-electron chi connectivity index (χ2n) is 4.00. The molecule has 0 unspecified atom stereocenters. The van der Waals surface area contributed by atoms with Crippen LogP contribution in [0.2, 0.25) is 0 Å². The molecule has 0 aliphatic carbocycles. The first-order valence-corrected chi connectivity index (χ1v) is 6.36. The van der Waals surface area contributed by atoms with Crippen molar-refractivity contribution in [1.82, 2.24) is 0 Å². The van der Waals surface area contributed by atoms with Gasteiger partial charge in [0.25, 0.3) is 5.91 Å². The fraction of sp³-hybridized carbons (Fsp3) is 0.267. The van der Waals surface area contributed by atoms with Crippen molar-refractivity contribution in [2.75, 3.05) is 11.9 Å². The first-order valence-electron chi connectivity index (χ1n) is 6.36. The molecule has 1 aromatic carbocycles. The molecule has 0 fully saturated rings. The number of amides is 1. The highest BCUT2D eigenvalue weighted by atomic mass is 16.5. The molecule has 1 amide bonds. The Balaban J connectivity index is 2.14. The van der Waals surface area contributed by atoms with E-state index < -0.39 is 0 Å². The summed E-state index contributed by atoms with van der Waals surface area (Å²) in [6.45, 7) is 4.43. The van der Waals surface area contributed by atoms with Gasteiger partial charge in [-0.3, -0.25) is 4.79 Å². The maximum absolute atomic E-state index is 12.0. The number of anilines is 1. The predicted molar refractivity (Wildman–Crippen MR) is 73.7 cm³/mol. The average Bonchev–Trinajstić information content (AvgIpc) is 2.90. The molecule has 0 saturated carbocycles. The zero-order valence-corrected chi connectivity index (χ0v) is 11.1.